The summed E-state index contributed by atoms with van der Waals surface area (Å²) in [6.07, 6.45) is 7.84. The maximum absolute atomic E-state index is 6.17. The molecule has 1 aromatic rings. The van der Waals surface area contributed by atoms with Gasteiger partial charge < -0.3 is 10.1 Å². The van der Waals surface area contributed by atoms with Crippen molar-refractivity contribution < 1.29 is 4.74 Å². The van der Waals surface area contributed by atoms with Crippen molar-refractivity contribution in [2.75, 3.05) is 6.54 Å². The molecule has 1 fully saturated rings. The normalized spacial score (nSPS) is 16.5. The first-order chi connectivity index (χ1) is 9.29. The van der Waals surface area contributed by atoms with Gasteiger partial charge in [-0.15, -0.1) is 0 Å². The van der Waals surface area contributed by atoms with E-state index in [-0.39, 0.29) is 0 Å². The number of benzene rings is 1. The van der Waals surface area contributed by atoms with Gasteiger partial charge in [-0.25, -0.2) is 0 Å². The summed E-state index contributed by atoms with van der Waals surface area (Å²) in [6, 6.07) is 5.95. The molecule has 106 valence electrons. The van der Waals surface area contributed by atoms with E-state index >= 15 is 0 Å². The van der Waals surface area contributed by atoms with E-state index in [1.54, 1.807) is 0 Å². The molecule has 0 aromatic heterocycles. The third-order valence-corrected chi connectivity index (χ3v) is 3.85. The number of nitrogens with one attached hydrogen (secondary N) is 1. The molecule has 0 unspecified atom stereocenters. The Bertz CT molecular complexity index is 388. The maximum atomic E-state index is 6.17. The van der Waals surface area contributed by atoms with E-state index in [2.05, 4.69) is 12.2 Å². The van der Waals surface area contributed by atoms with Crippen LogP contribution >= 0.6 is 11.6 Å². The Morgan fingerprint density at radius 2 is 2.05 bits per heavy atom. The van der Waals surface area contributed by atoms with Gasteiger partial charge in [-0.05, 0) is 56.8 Å². The average molecular weight is 282 g/mol. The largest absolute Gasteiger partial charge is 0.490 e. The molecule has 1 saturated carbocycles. The topological polar surface area (TPSA) is 21.3 Å². The first-order valence-corrected chi connectivity index (χ1v) is 7.83. The van der Waals surface area contributed by atoms with Crippen LogP contribution < -0.4 is 10.1 Å². The van der Waals surface area contributed by atoms with Crippen LogP contribution in [0.2, 0.25) is 5.02 Å². The smallest absolute Gasteiger partial charge is 0.124 e. The molecule has 3 heteroatoms. The molecule has 1 N–H and O–H groups in total. The predicted molar refractivity (Wildman–Crippen MR) is 81.0 cm³/mol. The number of ether oxygens (including phenoxy) is 1. The fourth-order valence-electron chi connectivity index (χ4n) is 2.56. The Balaban J connectivity index is 2.00. The Hall–Kier alpha value is -0.730. The second-order valence-corrected chi connectivity index (χ2v) is 5.74. The first-order valence-electron chi connectivity index (χ1n) is 7.45. The van der Waals surface area contributed by atoms with E-state index < -0.39 is 0 Å². The average Bonchev–Trinajstić information content (AvgIpc) is 2.43. The summed E-state index contributed by atoms with van der Waals surface area (Å²) in [5.41, 5.74) is 1.17. The maximum Gasteiger partial charge on any atom is 0.124 e. The predicted octanol–water partition coefficient (Wildman–Crippen LogP) is 4.55. The Kier molecular flexibility index (Phi) is 5.99. The van der Waals surface area contributed by atoms with Crippen molar-refractivity contribution in [1.29, 1.82) is 0 Å². The summed E-state index contributed by atoms with van der Waals surface area (Å²) in [4.78, 5) is 0. The zero-order valence-corrected chi connectivity index (χ0v) is 12.5. The fourth-order valence-corrected chi connectivity index (χ4v) is 2.76. The molecular formula is C16H24ClNO. The van der Waals surface area contributed by atoms with Crippen molar-refractivity contribution in [1.82, 2.24) is 5.32 Å². The van der Waals surface area contributed by atoms with Crippen LogP contribution in [-0.2, 0) is 6.54 Å². The van der Waals surface area contributed by atoms with Gasteiger partial charge in [0.05, 0.1) is 6.10 Å². The van der Waals surface area contributed by atoms with Crippen molar-refractivity contribution in [2.24, 2.45) is 0 Å². The molecule has 0 saturated heterocycles. The molecule has 1 aliphatic rings. The van der Waals surface area contributed by atoms with Gasteiger partial charge in [0, 0.05) is 17.1 Å². The van der Waals surface area contributed by atoms with Crippen LogP contribution in [-0.4, -0.2) is 12.6 Å². The number of hydrogen-bond donors (Lipinski definition) is 1. The lowest BCUT2D eigenvalue weighted by atomic mass is 9.97. The molecular weight excluding hydrogens is 258 g/mol. The van der Waals surface area contributed by atoms with Gasteiger partial charge in [0.15, 0.2) is 0 Å². The van der Waals surface area contributed by atoms with Crippen LogP contribution in [0, 0.1) is 0 Å². The zero-order valence-electron chi connectivity index (χ0n) is 11.8. The van der Waals surface area contributed by atoms with Crippen LogP contribution in [0.4, 0.5) is 0 Å². The second-order valence-electron chi connectivity index (χ2n) is 5.31. The summed E-state index contributed by atoms with van der Waals surface area (Å²) in [6.45, 7) is 4.02. The Labute approximate surface area is 121 Å². The van der Waals surface area contributed by atoms with E-state index in [0.29, 0.717) is 6.10 Å². The van der Waals surface area contributed by atoms with Gasteiger partial charge in [0.25, 0.3) is 0 Å². The van der Waals surface area contributed by atoms with Crippen molar-refractivity contribution in [2.45, 2.75) is 58.1 Å². The van der Waals surface area contributed by atoms with Crippen LogP contribution in [0.5, 0.6) is 5.75 Å². The summed E-state index contributed by atoms with van der Waals surface area (Å²) in [7, 11) is 0. The lowest BCUT2D eigenvalue weighted by molar-refractivity contribution is 0.153. The highest BCUT2D eigenvalue weighted by Crippen LogP contribution is 2.28. The molecule has 2 rings (SSSR count). The van der Waals surface area contributed by atoms with Crippen molar-refractivity contribution in [3.63, 3.8) is 0 Å². The molecule has 19 heavy (non-hydrogen) atoms. The van der Waals surface area contributed by atoms with E-state index in [1.165, 1.54) is 37.7 Å². The quantitative estimate of drug-likeness (QED) is 0.772. The summed E-state index contributed by atoms with van der Waals surface area (Å²) in [5, 5.41) is 4.20. The van der Waals surface area contributed by atoms with E-state index in [0.717, 1.165) is 30.3 Å². The van der Waals surface area contributed by atoms with Crippen LogP contribution in [0.3, 0.4) is 0 Å². The number of rotatable bonds is 6. The molecule has 0 heterocycles. The number of hydrogen-bond acceptors (Lipinski definition) is 2. The minimum absolute atomic E-state index is 0.389. The summed E-state index contributed by atoms with van der Waals surface area (Å²) < 4.78 is 6.17. The minimum atomic E-state index is 0.389. The van der Waals surface area contributed by atoms with Gasteiger partial charge in [0.2, 0.25) is 0 Å². The number of halogens is 1. The van der Waals surface area contributed by atoms with Crippen molar-refractivity contribution >= 4 is 11.6 Å². The molecule has 0 atom stereocenters. The molecule has 2 nitrogen and oxygen atoms in total. The van der Waals surface area contributed by atoms with Crippen molar-refractivity contribution in [3.05, 3.63) is 28.8 Å². The second kappa shape index (κ2) is 7.76. The highest BCUT2D eigenvalue weighted by Gasteiger charge is 2.16. The lowest BCUT2D eigenvalue weighted by Gasteiger charge is -2.24. The molecule has 0 amide bonds. The zero-order chi connectivity index (χ0) is 13.5. The van der Waals surface area contributed by atoms with Gasteiger partial charge in [-0.1, -0.05) is 24.9 Å². The fraction of sp³-hybridized carbons (Fsp3) is 0.625. The molecule has 1 aliphatic carbocycles. The van der Waals surface area contributed by atoms with Gasteiger partial charge in [-0.3, -0.25) is 0 Å². The Morgan fingerprint density at radius 3 is 2.79 bits per heavy atom. The van der Waals surface area contributed by atoms with Crippen molar-refractivity contribution in [3.8, 4) is 5.75 Å². The highest BCUT2D eigenvalue weighted by atomic mass is 35.5. The lowest BCUT2D eigenvalue weighted by Crippen LogP contribution is -2.21. The standard InChI is InChI=1S/C16H24ClNO/c1-2-10-18-12-13-11-14(17)8-9-16(13)19-15-6-4-3-5-7-15/h8-9,11,15,18H,2-7,10,12H2,1H3. The molecule has 0 aliphatic heterocycles. The highest BCUT2D eigenvalue weighted by molar-refractivity contribution is 6.30. The van der Waals surface area contributed by atoms with Gasteiger partial charge >= 0.3 is 0 Å². The van der Waals surface area contributed by atoms with Gasteiger partial charge in [-0.2, -0.15) is 0 Å². The Morgan fingerprint density at radius 1 is 1.26 bits per heavy atom. The molecule has 1 aromatic carbocycles. The third kappa shape index (κ3) is 4.70. The van der Waals surface area contributed by atoms with E-state index in [4.69, 9.17) is 16.3 Å². The van der Waals surface area contributed by atoms with Crippen LogP contribution in [0.1, 0.15) is 51.0 Å². The molecule has 0 radical (unpaired) electrons. The monoisotopic (exact) mass is 281 g/mol. The summed E-state index contributed by atoms with van der Waals surface area (Å²) >= 11 is 6.09. The SMILES string of the molecule is CCCNCc1cc(Cl)ccc1OC1CCCCC1. The van der Waals surface area contributed by atoms with Gasteiger partial charge in [0.1, 0.15) is 5.75 Å². The van der Waals surface area contributed by atoms with Crippen LogP contribution in [0.25, 0.3) is 0 Å². The van der Waals surface area contributed by atoms with E-state index in [1.807, 2.05) is 18.2 Å². The van der Waals surface area contributed by atoms with Crippen LogP contribution in [0.15, 0.2) is 18.2 Å². The third-order valence-electron chi connectivity index (χ3n) is 3.61. The minimum Gasteiger partial charge on any atom is -0.490 e. The first kappa shape index (κ1) is 14.7. The van der Waals surface area contributed by atoms with E-state index in [9.17, 15) is 0 Å². The molecule has 0 spiro atoms. The molecule has 0 bridgehead atoms. The summed E-state index contributed by atoms with van der Waals surface area (Å²) in [5.74, 6) is 1.000.